The quantitative estimate of drug-likeness (QED) is 0.832. The highest BCUT2D eigenvalue weighted by molar-refractivity contribution is 9.11. The van der Waals surface area contributed by atoms with Crippen molar-refractivity contribution in [2.75, 3.05) is 0 Å². The molecule has 0 bridgehead atoms. The second-order valence-corrected chi connectivity index (χ2v) is 8.12. The van der Waals surface area contributed by atoms with Crippen LogP contribution in [0, 0.1) is 0 Å². The van der Waals surface area contributed by atoms with E-state index >= 15 is 0 Å². The van der Waals surface area contributed by atoms with Gasteiger partial charge in [0.05, 0.1) is 6.20 Å². The van der Waals surface area contributed by atoms with E-state index in [0.29, 0.717) is 17.5 Å². The minimum Gasteiger partial charge on any atom is -0.236 e. The molecule has 1 unspecified atom stereocenters. The normalized spacial score (nSPS) is 23.0. The summed E-state index contributed by atoms with van der Waals surface area (Å²) in [4.78, 5) is 4.12. The molecule has 1 atom stereocenters. The fourth-order valence-electron chi connectivity index (χ4n) is 2.20. The average Bonchev–Trinajstić information content (AvgIpc) is 2.82. The Morgan fingerprint density at radius 2 is 2.25 bits per heavy atom. The van der Waals surface area contributed by atoms with Gasteiger partial charge >= 0.3 is 0 Å². The highest BCUT2D eigenvalue weighted by atomic mass is 79.9. The first-order valence-corrected chi connectivity index (χ1v) is 8.25. The topological polar surface area (TPSA) is 64.8 Å². The van der Waals surface area contributed by atoms with Gasteiger partial charge in [-0.25, -0.2) is 13.4 Å². The molecule has 0 aliphatic heterocycles. The van der Waals surface area contributed by atoms with Crippen LogP contribution in [0.25, 0.3) is 11.0 Å². The summed E-state index contributed by atoms with van der Waals surface area (Å²) in [7, 11) is -3.69. The van der Waals surface area contributed by atoms with Crippen LogP contribution in [0.3, 0.4) is 0 Å². The molecule has 2 aromatic rings. The highest BCUT2D eigenvalue weighted by Crippen LogP contribution is 2.34. The Bertz CT molecular complexity index is 838. The van der Waals surface area contributed by atoms with Gasteiger partial charge in [-0.1, -0.05) is 34.2 Å². The van der Waals surface area contributed by atoms with Crippen LogP contribution in [0.4, 0.5) is 0 Å². The maximum absolute atomic E-state index is 12.9. The average molecular weight is 354 g/mol. The second-order valence-electron chi connectivity index (χ2n) is 4.87. The Morgan fingerprint density at radius 1 is 1.45 bits per heavy atom. The van der Waals surface area contributed by atoms with Gasteiger partial charge in [0.25, 0.3) is 10.0 Å². The first kappa shape index (κ1) is 13.5. The molecule has 2 aromatic heterocycles. The molecule has 0 aromatic carbocycles. The number of nitrogens with zero attached hydrogens (tertiary/aromatic N) is 3. The molecule has 0 fully saturated rings. The lowest BCUT2D eigenvalue weighted by Crippen LogP contribution is -2.39. The smallest absolute Gasteiger partial charge is 0.236 e. The Morgan fingerprint density at radius 3 is 3.00 bits per heavy atom. The number of hydrogen-bond donors (Lipinski definition) is 0. The van der Waals surface area contributed by atoms with Crippen molar-refractivity contribution in [1.82, 2.24) is 14.2 Å². The van der Waals surface area contributed by atoms with Gasteiger partial charge in [-0.05, 0) is 23.5 Å². The van der Waals surface area contributed by atoms with E-state index in [0.717, 1.165) is 8.57 Å². The molecule has 104 valence electrons. The van der Waals surface area contributed by atoms with Crippen molar-refractivity contribution in [3.05, 3.63) is 47.2 Å². The maximum Gasteiger partial charge on any atom is 0.265 e. The van der Waals surface area contributed by atoms with Crippen LogP contribution < -0.4 is 0 Å². The number of hydrogen-bond acceptors (Lipinski definition) is 4. The molecule has 1 aliphatic carbocycles. The standard InChI is InChI=1S/C13H12BrN3O2S/c1-13(6-2-5-11(14)8-13)20(18,19)17-12-10(9-16-17)4-3-7-15-12/h2-7,9H,8H2,1H3. The third-order valence-electron chi connectivity index (χ3n) is 3.36. The summed E-state index contributed by atoms with van der Waals surface area (Å²) in [5, 5.41) is 4.71. The number of pyridine rings is 1. The first-order chi connectivity index (χ1) is 9.44. The Hall–Kier alpha value is -1.47. The molecule has 0 spiro atoms. The van der Waals surface area contributed by atoms with E-state index in [2.05, 4.69) is 26.0 Å². The van der Waals surface area contributed by atoms with Crippen LogP contribution in [0.1, 0.15) is 13.3 Å². The van der Waals surface area contributed by atoms with Crippen LogP contribution >= 0.6 is 15.9 Å². The number of rotatable bonds is 2. The fourth-order valence-corrected chi connectivity index (χ4v) is 4.65. The largest absolute Gasteiger partial charge is 0.265 e. The van der Waals surface area contributed by atoms with E-state index < -0.39 is 14.8 Å². The third-order valence-corrected chi connectivity index (χ3v) is 6.09. The number of aromatic nitrogens is 3. The SMILES string of the molecule is CC1(S(=O)(=O)n2ncc3cccnc32)C=CC=C(Br)C1. The Balaban J connectivity index is 2.18. The van der Waals surface area contributed by atoms with Gasteiger partial charge in [-0.2, -0.15) is 5.10 Å². The van der Waals surface area contributed by atoms with Gasteiger partial charge in [0.15, 0.2) is 5.65 Å². The lowest BCUT2D eigenvalue weighted by atomic mass is 10.0. The van der Waals surface area contributed by atoms with Crippen molar-refractivity contribution in [1.29, 1.82) is 0 Å². The van der Waals surface area contributed by atoms with E-state index in [1.54, 1.807) is 37.4 Å². The van der Waals surface area contributed by atoms with Crippen LogP contribution in [0.2, 0.25) is 0 Å². The summed E-state index contributed by atoms with van der Waals surface area (Å²) >= 11 is 3.37. The maximum atomic E-state index is 12.9. The summed E-state index contributed by atoms with van der Waals surface area (Å²) in [6.07, 6.45) is 8.72. The van der Waals surface area contributed by atoms with Crippen LogP contribution in [0.5, 0.6) is 0 Å². The van der Waals surface area contributed by atoms with E-state index in [9.17, 15) is 8.42 Å². The molecular formula is C13H12BrN3O2S. The van der Waals surface area contributed by atoms with Crippen LogP contribution in [-0.4, -0.2) is 27.3 Å². The number of halogens is 1. The van der Waals surface area contributed by atoms with E-state index in [1.165, 1.54) is 6.20 Å². The molecule has 3 rings (SSSR count). The zero-order valence-electron chi connectivity index (χ0n) is 10.7. The van der Waals surface area contributed by atoms with Crippen LogP contribution in [-0.2, 0) is 10.0 Å². The van der Waals surface area contributed by atoms with Gasteiger partial charge in [-0.15, -0.1) is 4.09 Å². The molecule has 0 amide bonds. The van der Waals surface area contributed by atoms with E-state index in [1.807, 2.05) is 6.08 Å². The molecule has 0 saturated heterocycles. The summed E-state index contributed by atoms with van der Waals surface area (Å²) < 4.78 is 26.6. The summed E-state index contributed by atoms with van der Waals surface area (Å²) in [5.41, 5.74) is 0.354. The highest BCUT2D eigenvalue weighted by Gasteiger charge is 2.41. The Kier molecular flexibility index (Phi) is 3.06. The molecule has 5 nitrogen and oxygen atoms in total. The third kappa shape index (κ3) is 1.92. The number of allylic oxidation sites excluding steroid dienone is 3. The number of fused-ring (bicyclic) bond motifs is 1. The molecule has 1 aliphatic rings. The molecule has 7 heteroatoms. The monoisotopic (exact) mass is 353 g/mol. The molecular weight excluding hydrogens is 342 g/mol. The van der Waals surface area contributed by atoms with Crippen molar-refractivity contribution >= 4 is 37.0 Å². The minimum absolute atomic E-state index is 0.354. The first-order valence-electron chi connectivity index (χ1n) is 6.02. The minimum atomic E-state index is -3.69. The van der Waals surface area contributed by atoms with Gasteiger partial charge < -0.3 is 0 Å². The van der Waals surface area contributed by atoms with Crippen LogP contribution in [0.15, 0.2) is 47.2 Å². The summed E-state index contributed by atoms with van der Waals surface area (Å²) in [6, 6.07) is 3.54. The molecule has 0 N–H and O–H groups in total. The van der Waals surface area contributed by atoms with Crippen molar-refractivity contribution < 1.29 is 8.42 Å². The molecule has 0 radical (unpaired) electrons. The van der Waals surface area contributed by atoms with E-state index in [-0.39, 0.29) is 0 Å². The van der Waals surface area contributed by atoms with E-state index in [4.69, 9.17) is 0 Å². The van der Waals surface area contributed by atoms with Gasteiger partial charge in [0.2, 0.25) is 0 Å². The second kappa shape index (κ2) is 4.53. The summed E-state index contributed by atoms with van der Waals surface area (Å²) in [5.74, 6) is 0. The van der Waals surface area contributed by atoms with Crippen molar-refractivity contribution in [3.8, 4) is 0 Å². The molecule has 2 heterocycles. The predicted molar refractivity (Wildman–Crippen MR) is 81.0 cm³/mol. The van der Waals surface area contributed by atoms with Crippen molar-refractivity contribution in [3.63, 3.8) is 0 Å². The zero-order valence-corrected chi connectivity index (χ0v) is 13.1. The van der Waals surface area contributed by atoms with Gasteiger partial charge in [0, 0.05) is 18.0 Å². The lowest BCUT2D eigenvalue weighted by Gasteiger charge is -2.27. The zero-order chi connectivity index (χ0) is 14.4. The lowest BCUT2D eigenvalue weighted by molar-refractivity contribution is 0.547. The summed E-state index contributed by atoms with van der Waals surface area (Å²) in [6.45, 7) is 1.68. The molecule has 20 heavy (non-hydrogen) atoms. The van der Waals surface area contributed by atoms with Gasteiger partial charge in [-0.3, -0.25) is 0 Å². The van der Waals surface area contributed by atoms with Gasteiger partial charge in [0.1, 0.15) is 4.75 Å². The predicted octanol–water partition coefficient (Wildman–Crippen LogP) is 2.61. The molecule has 0 saturated carbocycles. The van der Waals surface area contributed by atoms with Crippen molar-refractivity contribution in [2.24, 2.45) is 0 Å². The Labute approximate surface area is 125 Å². The van der Waals surface area contributed by atoms with Crippen molar-refractivity contribution in [2.45, 2.75) is 18.1 Å². The fraction of sp³-hybridized carbons (Fsp3) is 0.231.